The minimum atomic E-state index is -0.289. The number of hydrogen-bond donors (Lipinski definition) is 0. The van der Waals surface area contributed by atoms with Crippen molar-refractivity contribution in [3.05, 3.63) is 35.4 Å². The van der Waals surface area contributed by atoms with Gasteiger partial charge in [-0.3, -0.25) is 4.79 Å². The number of carbonyl (C=O) groups excluding carboxylic acids is 1. The van der Waals surface area contributed by atoms with E-state index in [0.29, 0.717) is 11.1 Å². The van der Waals surface area contributed by atoms with Crippen LogP contribution in [-0.2, 0) is 0 Å². The quantitative estimate of drug-likeness (QED) is 0.700. The maximum Gasteiger partial charge on any atom is 0.164 e. The number of Topliss-reactive ketones (excluding diaryl/α,β-unsaturated/α-hetero) is 1. The molecule has 0 aliphatic rings. The Morgan fingerprint density at radius 2 is 2.20 bits per heavy atom. The summed E-state index contributed by atoms with van der Waals surface area (Å²) in [5.74, 6) is -0.385. The third-order valence-corrected chi connectivity index (χ3v) is 2.03. The van der Waals surface area contributed by atoms with Gasteiger partial charge in [0.15, 0.2) is 5.78 Å². The molecule has 0 saturated heterocycles. The zero-order valence-electron chi connectivity index (χ0n) is 8.40. The van der Waals surface area contributed by atoms with E-state index in [1.165, 1.54) is 0 Å². The van der Waals surface area contributed by atoms with Crippen molar-refractivity contribution in [1.82, 2.24) is 0 Å². The van der Waals surface area contributed by atoms with Crippen molar-refractivity contribution in [1.29, 1.82) is 10.5 Å². The fourth-order valence-corrected chi connectivity index (χ4v) is 1.20. The highest BCUT2D eigenvalue weighted by molar-refractivity contribution is 5.96. The van der Waals surface area contributed by atoms with Crippen molar-refractivity contribution in [3.63, 3.8) is 0 Å². The number of benzene rings is 1. The topological polar surface area (TPSA) is 64.7 Å². The van der Waals surface area contributed by atoms with E-state index in [1.54, 1.807) is 31.2 Å². The minimum Gasteiger partial charge on any atom is -0.294 e. The van der Waals surface area contributed by atoms with Crippen LogP contribution in [0.1, 0.15) is 29.3 Å². The summed E-state index contributed by atoms with van der Waals surface area (Å²) in [6, 6.07) is 10.5. The van der Waals surface area contributed by atoms with Crippen LogP contribution in [0.5, 0.6) is 0 Å². The molecule has 1 unspecified atom stereocenters. The first-order valence-corrected chi connectivity index (χ1v) is 4.60. The normalized spacial score (nSPS) is 11.1. The third-order valence-electron chi connectivity index (χ3n) is 2.03. The molecular weight excluding hydrogens is 188 g/mol. The number of hydrogen-bond acceptors (Lipinski definition) is 3. The fourth-order valence-electron chi connectivity index (χ4n) is 1.20. The van der Waals surface area contributed by atoms with Gasteiger partial charge in [-0.1, -0.05) is 12.1 Å². The van der Waals surface area contributed by atoms with Crippen molar-refractivity contribution in [3.8, 4) is 12.1 Å². The van der Waals surface area contributed by atoms with Crippen LogP contribution in [0.15, 0.2) is 24.3 Å². The standard InChI is InChI=1S/C12H10N2O/c1-9(7-13)5-12(15)11-4-2-3-10(6-11)8-14/h2-4,6,9H,5H2,1H3. The molecule has 0 bridgehead atoms. The van der Waals surface area contributed by atoms with E-state index in [-0.39, 0.29) is 18.1 Å². The smallest absolute Gasteiger partial charge is 0.164 e. The molecule has 3 nitrogen and oxygen atoms in total. The molecule has 0 N–H and O–H groups in total. The molecule has 0 aromatic heterocycles. The Labute approximate surface area is 88.6 Å². The lowest BCUT2D eigenvalue weighted by Gasteiger charge is -2.02. The number of carbonyl (C=O) groups is 1. The Balaban J connectivity index is 2.84. The maximum absolute atomic E-state index is 11.6. The van der Waals surface area contributed by atoms with Crippen LogP contribution in [0.2, 0.25) is 0 Å². The van der Waals surface area contributed by atoms with E-state index in [1.807, 2.05) is 12.1 Å². The molecule has 1 aromatic rings. The second kappa shape index (κ2) is 4.93. The third kappa shape index (κ3) is 2.93. The van der Waals surface area contributed by atoms with Gasteiger partial charge >= 0.3 is 0 Å². The second-order valence-corrected chi connectivity index (χ2v) is 3.35. The Kier molecular flexibility index (Phi) is 3.60. The van der Waals surface area contributed by atoms with Gasteiger partial charge in [0, 0.05) is 12.0 Å². The van der Waals surface area contributed by atoms with Crippen molar-refractivity contribution in [2.75, 3.05) is 0 Å². The summed E-state index contributed by atoms with van der Waals surface area (Å²) in [6.45, 7) is 1.70. The van der Waals surface area contributed by atoms with Gasteiger partial charge < -0.3 is 0 Å². The molecule has 0 spiro atoms. The molecule has 0 fully saturated rings. The first-order valence-electron chi connectivity index (χ1n) is 4.60. The summed E-state index contributed by atoms with van der Waals surface area (Å²) in [7, 11) is 0. The SMILES string of the molecule is CC(C#N)CC(=O)c1cccc(C#N)c1. The maximum atomic E-state index is 11.6. The minimum absolute atomic E-state index is 0.0962. The van der Waals surface area contributed by atoms with Crippen LogP contribution in [0.3, 0.4) is 0 Å². The van der Waals surface area contributed by atoms with Crippen molar-refractivity contribution in [2.24, 2.45) is 5.92 Å². The fraction of sp³-hybridized carbons (Fsp3) is 0.250. The predicted octanol–water partition coefficient (Wildman–Crippen LogP) is 2.29. The summed E-state index contributed by atoms with van der Waals surface area (Å²) in [6.07, 6.45) is 0.200. The van der Waals surface area contributed by atoms with Crippen LogP contribution >= 0.6 is 0 Å². The molecule has 1 rings (SSSR count). The summed E-state index contributed by atoms with van der Waals surface area (Å²) in [5.41, 5.74) is 0.960. The average Bonchev–Trinajstić information content (AvgIpc) is 2.28. The van der Waals surface area contributed by atoms with Gasteiger partial charge in [0.25, 0.3) is 0 Å². The van der Waals surface area contributed by atoms with Crippen molar-refractivity contribution < 1.29 is 4.79 Å². The summed E-state index contributed by atoms with van der Waals surface area (Å²) in [5, 5.41) is 17.2. The van der Waals surface area contributed by atoms with Crippen molar-refractivity contribution in [2.45, 2.75) is 13.3 Å². The highest BCUT2D eigenvalue weighted by Gasteiger charge is 2.10. The van der Waals surface area contributed by atoms with Gasteiger partial charge in [0.1, 0.15) is 0 Å². The number of rotatable bonds is 3. The highest BCUT2D eigenvalue weighted by Crippen LogP contribution is 2.10. The molecule has 15 heavy (non-hydrogen) atoms. The van der Waals surface area contributed by atoms with E-state index in [9.17, 15) is 4.79 Å². The van der Waals surface area contributed by atoms with Crippen LogP contribution < -0.4 is 0 Å². The number of nitrogens with zero attached hydrogens (tertiary/aromatic N) is 2. The predicted molar refractivity (Wildman–Crippen MR) is 54.9 cm³/mol. The molecule has 0 radical (unpaired) electrons. The number of ketones is 1. The Morgan fingerprint density at radius 1 is 1.47 bits per heavy atom. The van der Waals surface area contributed by atoms with Crippen LogP contribution in [0, 0.1) is 28.6 Å². The van der Waals surface area contributed by atoms with Crippen molar-refractivity contribution >= 4 is 5.78 Å². The zero-order chi connectivity index (χ0) is 11.3. The van der Waals surface area contributed by atoms with E-state index in [4.69, 9.17) is 10.5 Å². The Bertz CT molecular complexity index is 451. The van der Waals surface area contributed by atoms with Crippen LogP contribution in [0.4, 0.5) is 0 Å². The zero-order valence-corrected chi connectivity index (χ0v) is 8.40. The summed E-state index contributed by atoms with van der Waals surface area (Å²) in [4.78, 5) is 11.6. The molecule has 1 atom stereocenters. The summed E-state index contributed by atoms with van der Waals surface area (Å²) >= 11 is 0. The van der Waals surface area contributed by atoms with Gasteiger partial charge in [-0.25, -0.2) is 0 Å². The molecule has 1 aromatic carbocycles. The largest absolute Gasteiger partial charge is 0.294 e. The Morgan fingerprint density at radius 3 is 2.80 bits per heavy atom. The molecular formula is C12H10N2O. The Hall–Kier alpha value is -2.13. The first-order chi connectivity index (χ1) is 7.17. The van der Waals surface area contributed by atoms with Gasteiger partial charge in [0.2, 0.25) is 0 Å². The van der Waals surface area contributed by atoms with E-state index in [0.717, 1.165) is 0 Å². The van der Waals surface area contributed by atoms with Gasteiger partial charge in [-0.2, -0.15) is 10.5 Å². The molecule has 0 aliphatic carbocycles. The molecule has 0 amide bonds. The monoisotopic (exact) mass is 198 g/mol. The molecule has 0 aliphatic heterocycles. The lowest BCUT2D eigenvalue weighted by molar-refractivity contribution is 0.0973. The lowest BCUT2D eigenvalue weighted by Crippen LogP contribution is -2.04. The van der Waals surface area contributed by atoms with Gasteiger partial charge in [0.05, 0.1) is 23.6 Å². The van der Waals surface area contributed by atoms with Gasteiger partial charge in [-0.05, 0) is 19.1 Å². The summed E-state index contributed by atoms with van der Waals surface area (Å²) < 4.78 is 0. The van der Waals surface area contributed by atoms with Crippen LogP contribution in [0.25, 0.3) is 0 Å². The first kappa shape index (κ1) is 10.9. The highest BCUT2D eigenvalue weighted by atomic mass is 16.1. The lowest BCUT2D eigenvalue weighted by atomic mass is 10.00. The molecule has 0 saturated carbocycles. The van der Waals surface area contributed by atoms with E-state index in [2.05, 4.69) is 0 Å². The van der Waals surface area contributed by atoms with Gasteiger partial charge in [-0.15, -0.1) is 0 Å². The van der Waals surface area contributed by atoms with E-state index < -0.39 is 0 Å². The van der Waals surface area contributed by atoms with E-state index >= 15 is 0 Å². The average molecular weight is 198 g/mol. The molecule has 0 heterocycles. The second-order valence-electron chi connectivity index (χ2n) is 3.35. The van der Waals surface area contributed by atoms with Crippen LogP contribution in [-0.4, -0.2) is 5.78 Å². The number of nitriles is 2. The molecule has 74 valence electrons. The molecule has 3 heteroatoms.